The number of carbonyl (C=O) groups is 2. The normalized spacial score (nSPS) is 12.1. The molecule has 0 aliphatic carbocycles. The SMILES string of the molecule is CC(NC(=O)c1ccc(F)cc1OC(F)F)C(=O)O. The van der Waals surface area contributed by atoms with Crippen LogP contribution in [-0.4, -0.2) is 29.6 Å². The van der Waals surface area contributed by atoms with E-state index in [-0.39, 0.29) is 5.56 Å². The Morgan fingerprint density at radius 2 is 2.00 bits per heavy atom. The number of alkyl halides is 2. The summed E-state index contributed by atoms with van der Waals surface area (Å²) in [6.45, 7) is -2.04. The Kier molecular flexibility index (Phi) is 4.74. The second-order valence-electron chi connectivity index (χ2n) is 3.55. The first-order chi connectivity index (χ1) is 8.81. The molecule has 0 radical (unpaired) electrons. The van der Waals surface area contributed by atoms with Gasteiger partial charge in [0.15, 0.2) is 0 Å². The fraction of sp³-hybridized carbons (Fsp3) is 0.273. The molecule has 0 bridgehead atoms. The van der Waals surface area contributed by atoms with Crippen molar-refractivity contribution >= 4 is 11.9 Å². The minimum atomic E-state index is -3.23. The number of rotatable bonds is 5. The number of halogens is 3. The second-order valence-corrected chi connectivity index (χ2v) is 3.55. The van der Waals surface area contributed by atoms with Crippen LogP contribution in [0.25, 0.3) is 0 Å². The molecular weight excluding hydrogens is 267 g/mol. The predicted octanol–water partition coefficient (Wildman–Crippen LogP) is 1.63. The summed E-state index contributed by atoms with van der Waals surface area (Å²) in [6.07, 6.45) is 0. The van der Waals surface area contributed by atoms with Gasteiger partial charge in [-0.2, -0.15) is 8.78 Å². The molecule has 0 aliphatic heterocycles. The summed E-state index contributed by atoms with van der Waals surface area (Å²) < 4.78 is 41.1. The molecule has 0 aromatic heterocycles. The number of amides is 1. The van der Waals surface area contributed by atoms with Gasteiger partial charge in [-0.1, -0.05) is 0 Å². The van der Waals surface area contributed by atoms with Crippen LogP contribution in [0.4, 0.5) is 13.2 Å². The highest BCUT2D eigenvalue weighted by Crippen LogP contribution is 2.22. The lowest BCUT2D eigenvalue weighted by atomic mass is 10.1. The first-order valence-electron chi connectivity index (χ1n) is 5.09. The zero-order valence-electron chi connectivity index (χ0n) is 9.69. The molecule has 1 atom stereocenters. The van der Waals surface area contributed by atoms with Crippen molar-refractivity contribution in [2.24, 2.45) is 0 Å². The summed E-state index contributed by atoms with van der Waals surface area (Å²) in [6, 6.07) is 1.19. The highest BCUT2D eigenvalue weighted by atomic mass is 19.3. The van der Waals surface area contributed by atoms with E-state index >= 15 is 0 Å². The van der Waals surface area contributed by atoms with Gasteiger partial charge in [0.1, 0.15) is 17.6 Å². The van der Waals surface area contributed by atoms with Gasteiger partial charge in [0.2, 0.25) is 0 Å². The molecule has 1 aromatic rings. The number of benzene rings is 1. The Labute approximate surface area is 106 Å². The van der Waals surface area contributed by atoms with Crippen LogP contribution >= 0.6 is 0 Å². The van der Waals surface area contributed by atoms with Gasteiger partial charge in [-0.05, 0) is 19.1 Å². The van der Waals surface area contributed by atoms with Gasteiger partial charge in [-0.25, -0.2) is 4.39 Å². The summed E-state index contributed by atoms with van der Waals surface area (Å²) in [4.78, 5) is 22.2. The van der Waals surface area contributed by atoms with E-state index in [1.807, 2.05) is 5.32 Å². The van der Waals surface area contributed by atoms with Crippen LogP contribution in [0, 0.1) is 5.82 Å². The molecule has 0 aliphatic rings. The summed E-state index contributed by atoms with van der Waals surface area (Å²) >= 11 is 0. The third-order valence-corrected chi connectivity index (χ3v) is 2.12. The maximum Gasteiger partial charge on any atom is 0.387 e. The maximum absolute atomic E-state index is 12.9. The van der Waals surface area contributed by atoms with Gasteiger partial charge in [-0.15, -0.1) is 0 Å². The maximum atomic E-state index is 12.9. The summed E-state index contributed by atoms with van der Waals surface area (Å²) in [5, 5.41) is 10.7. The van der Waals surface area contributed by atoms with Crippen LogP contribution in [0.1, 0.15) is 17.3 Å². The van der Waals surface area contributed by atoms with Gasteiger partial charge >= 0.3 is 12.6 Å². The number of hydrogen-bond acceptors (Lipinski definition) is 3. The monoisotopic (exact) mass is 277 g/mol. The van der Waals surface area contributed by atoms with Crippen molar-refractivity contribution in [3.63, 3.8) is 0 Å². The van der Waals surface area contributed by atoms with Crippen molar-refractivity contribution in [2.75, 3.05) is 0 Å². The fourth-order valence-electron chi connectivity index (χ4n) is 1.21. The van der Waals surface area contributed by atoms with E-state index in [1.54, 1.807) is 0 Å². The lowest BCUT2D eigenvalue weighted by Gasteiger charge is -2.13. The van der Waals surface area contributed by atoms with Crippen molar-refractivity contribution in [1.29, 1.82) is 0 Å². The molecule has 5 nitrogen and oxygen atoms in total. The van der Waals surface area contributed by atoms with Crippen LogP contribution in [0.5, 0.6) is 5.75 Å². The zero-order chi connectivity index (χ0) is 14.6. The Hall–Kier alpha value is -2.25. The molecular formula is C11H10F3NO4. The highest BCUT2D eigenvalue weighted by Gasteiger charge is 2.20. The number of ether oxygens (including phenoxy) is 1. The highest BCUT2D eigenvalue weighted by molar-refractivity contribution is 5.98. The summed E-state index contributed by atoms with van der Waals surface area (Å²) in [7, 11) is 0. The average molecular weight is 277 g/mol. The molecule has 1 unspecified atom stereocenters. The van der Waals surface area contributed by atoms with Crippen molar-refractivity contribution in [1.82, 2.24) is 5.32 Å². The Bertz CT molecular complexity index is 493. The number of hydrogen-bond donors (Lipinski definition) is 2. The zero-order valence-corrected chi connectivity index (χ0v) is 9.69. The van der Waals surface area contributed by atoms with E-state index in [0.29, 0.717) is 6.07 Å². The molecule has 1 aromatic carbocycles. The van der Waals surface area contributed by atoms with Gasteiger partial charge in [0, 0.05) is 6.07 Å². The standard InChI is InChI=1S/C11H10F3NO4/c1-5(10(17)18)15-9(16)7-3-2-6(12)4-8(7)19-11(13)14/h2-5,11H,1H3,(H,15,16)(H,17,18). The number of carbonyl (C=O) groups excluding carboxylic acids is 1. The molecule has 1 amide bonds. The lowest BCUT2D eigenvalue weighted by Crippen LogP contribution is -2.38. The molecule has 0 heterocycles. The minimum absolute atomic E-state index is 0.380. The smallest absolute Gasteiger partial charge is 0.387 e. The van der Waals surface area contributed by atoms with Crippen LogP contribution in [0.15, 0.2) is 18.2 Å². The van der Waals surface area contributed by atoms with E-state index in [9.17, 15) is 22.8 Å². The van der Waals surface area contributed by atoms with Crippen LogP contribution in [0.2, 0.25) is 0 Å². The summed E-state index contributed by atoms with van der Waals surface area (Å²) in [5.41, 5.74) is -0.380. The molecule has 104 valence electrons. The van der Waals surface area contributed by atoms with E-state index < -0.39 is 36.1 Å². The first-order valence-corrected chi connectivity index (χ1v) is 5.09. The second kappa shape index (κ2) is 6.07. The Morgan fingerprint density at radius 1 is 1.37 bits per heavy atom. The quantitative estimate of drug-likeness (QED) is 0.857. The van der Waals surface area contributed by atoms with E-state index in [1.165, 1.54) is 6.92 Å². The van der Waals surface area contributed by atoms with Crippen LogP contribution in [-0.2, 0) is 4.79 Å². The van der Waals surface area contributed by atoms with Gasteiger partial charge in [0.25, 0.3) is 5.91 Å². The lowest BCUT2D eigenvalue weighted by molar-refractivity contribution is -0.138. The third-order valence-electron chi connectivity index (χ3n) is 2.12. The van der Waals surface area contributed by atoms with Gasteiger partial charge < -0.3 is 15.2 Å². The van der Waals surface area contributed by atoms with Crippen molar-refractivity contribution in [3.05, 3.63) is 29.6 Å². The molecule has 0 fully saturated rings. The molecule has 0 spiro atoms. The first kappa shape index (κ1) is 14.8. The number of carboxylic acids is 1. The molecule has 0 saturated heterocycles. The average Bonchev–Trinajstić information content (AvgIpc) is 2.27. The molecule has 19 heavy (non-hydrogen) atoms. The van der Waals surface area contributed by atoms with Crippen molar-refractivity contribution in [3.8, 4) is 5.75 Å². The number of nitrogens with one attached hydrogen (secondary N) is 1. The van der Waals surface area contributed by atoms with E-state index in [0.717, 1.165) is 12.1 Å². The molecule has 8 heteroatoms. The van der Waals surface area contributed by atoms with Crippen molar-refractivity contribution < 1.29 is 32.6 Å². The molecule has 1 rings (SSSR count). The largest absolute Gasteiger partial charge is 0.480 e. The number of aliphatic carboxylic acids is 1. The third kappa shape index (κ3) is 4.16. The predicted molar refractivity (Wildman–Crippen MR) is 57.6 cm³/mol. The Balaban J connectivity index is 2.98. The van der Waals surface area contributed by atoms with Crippen LogP contribution < -0.4 is 10.1 Å². The van der Waals surface area contributed by atoms with E-state index in [4.69, 9.17) is 5.11 Å². The van der Waals surface area contributed by atoms with Gasteiger partial charge in [0.05, 0.1) is 5.56 Å². The minimum Gasteiger partial charge on any atom is -0.480 e. The molecule has 0 saturated carbocycles. The fourth-order valence-corrected chi connectivity index (χ4v) is 1.21. The topological polar surface area (TPSA) is 75.6 Å². The van der Waals surface area contributed by atoms with Crippen molar-refractivity contribution in [2.45, 2.75) is 19.6 Å². The Morgan fingerprint density at radius 3 is 2.53 bits per heavy atom. The van der Waals surface area contributed by atoms with Gasteiger partial charge in [-0.3, -0.25) is 9.59 Å². The van der Waals surface area contributed by atoms with Crippen LogP contribution in [0.3, 0.4) is 0 Å². The molecule has 2 N–H and O–H groups in total. The number of carboxylic acid groups (broad SMARTS) is 1. The van der Waals surface area contributed by atoms with E-state index in [2.05, 4.69) is 4.74 Å². The summed E-state index contributed by atoms with van der Waals surface area (Å²) in [5.74, 6) is -3.78.